The molecule has 0 aliphatic carbocycles. The normalized spacial score (nSPS) is 16.7. The standard InChI is InChI=1S/C29H26N2O6S/c1-5-16-11-12-19-22(13-16)38-29(30-19)31-24(18-14-20(35-2)27(37-4)21(15-18)36-3)23(26(33)28(31)34)25(32)17-9-7-6-8-10-17/h6-15,24,32H,5H2,1-4H3/t24-/m0/s1. The number of hydrogen-bond donors (Lipinski definition) is 1. The Labute approximate surface area is 223 Å². The third kappa shape index (κ3) is 4.14. The van der Waals surface area contributed by atoms with Crippen molar-refractivity contribution in [2.75, 3.05) is 26.2 Å². The van der Waals surface area contributed by atoms with Crippen molar-refractivity contribution in [3.8, 4) is 17.2 Å². The van der Waals surface area contributed by atoms with E-state index in [4.69, 9.17) is 19.2 Å². The lowest BCUT2D eigenvalue weighted by molar-refractivity contribution is -0.132. The zero-order valence-electron chi connectivity index (χ0n) is 21.3. The number of carbonyl (C=O) groups is 2. The largest absolute Gasteiger partial charge is 0.507 e. The van der Waals surface area contributed by atoms with E-state index in [1.54, 1.807) is 42.5 Å². The maximum Gasteiger partial charge on any atom is 0.301 e. The first-order valence-electron chi connectivity index (χ1n) is 12.0. The van der Waals surface area contributed by atoms with Crippen LogP contribution in [0.3, 0.4) is 0 Å². The molecular weight excluding hydrogens is 504 g/mol. The number of aromatic nitrogens is 1. The fourth-order valence-electron chi connectivity index (χ4n) is 4.64. The van der Waals surface area contributed by atoms with Crippen LogP contribution in [0.15, 0.2) is 66.2 Å². The summed E-state index contributed by atoms with van der Waals surface area (Å²) in [5.41, 5.74) is 2.71. The fraction of sp³-hybridized carbons (Fsp3) is 0.207. The first kappa shape index (κ1) is 25.3. The van der Waals surface area contributed by atoms with Crippen molar-refractivity contribution in [2.24, 2.45) is 0 Å². The van der Waals surface area contributed by atoms with Crippen LogP contribution in [0.4, 0.5) is 5.13 Å². The zero-order chi connectivity index (χ0) is 27.0. The van der Waals surface area contributed by atoms with Gasteiger partial charge in [-0.15, -0.1) is 0 Å². The summed E-state index contributed by atoms with van der Waals surface area (Å²) in [7, 11) is 4.47. The van der Waals surface area contributed by atoms with E-state index in [1.807, 2.05) is 18.2 Å². The third-order valence-electron chi connectivity index (χ3n) is 6.55. The molecule has 194 valence electrons. The van der Waals surface area contributed by atoms with Crippen LogP contribution < -0.4 is 19.1 Å². The summed E-state index contributed by atoms with van der Waals surface area (Å²) in [4.78, 5) is 33.1. The maximum absolute atomic E-state index is 13.6. The van der Waals surface area contributed by atoms with Crippen molar-refractivity contribution in [1.29, 1.82) is 0 Å². The maximum atomic E-state index is 13.6. The summed E-state index contributed by atoms with van der Waals surface area (Å²) >= 11 is 1.32. The van der Waals surface area contributed by atoms with Crippen LogP contribution in [0.1, 0.15) is 29.7 Å². The zero-order valence-corrected chi connectivity index (χ0v) is 22.2. The van der Waals surface area contributed by atoms with Gasteiger partial charge in [0.2, 0.25) is 5.75 Å². The van der Waals surface area contributed by atoms with Gasteiger partial charge in [0.25, 0.3) is 5.78 Å². The van der Waals surface area contributed by atoms with Gasteiger partial charge in [0.1, 0.15) is 5.76 Å². The molecule has 0 unspecified atom stereocenters. The van der Waals surface area contributed by atoms with Gasteiger partial charge >= 0.3 is 5.91 Å². The molecule has 1 aromatic heterocycles. The van der Waals surface area contributed by atoms with Gasteiger partial charge in [0.15, 0.2) is 16.6 Å². The van der Waals surface area contributed by atoms with Gasteiger partial charge in [0, 0.05) is 5.56 Å². The number of benzene rings is 3. The predicted molar refractivity (Wildman–Crippen MR) is 146 cm³/mol. The first-order chi connectivity index (χ1) is 18.4. The molecule has 5 rings (SSSR count). The van der Waals surface area contributed by atoms with Crippen molar-refractivity contribution in [3.05, 3.63) is 82.9 Å². The summed E-state index contributed by atoms with van der Waals surface area (Å²) in [6.07, 6.45) is 0.857. The molecule has 0 radical (unpaired) electrons. The lowest BCUT2D eigenvalue weighted by Gasteiger charge is -2.24. The van der Waals surface area contributed by atoms with E-state index >= 15 is 0 Å². The molecule has 1 aliphatic heterocycles. The minimum Gasteiger partial charge on any atom is -0.507 e. The topological polar surface area (TPSA) is 98.2 Å². The van der Waals surface area contributed by atoms with E-state index in [0.717, 1.165) is 22.2 Å². The van der Waals surface area contributed by atoms with Crippen LogP contribution >= 0.6 is 11.3 Å². The van der Waals surface area contributed by atoms with Crippen molar-refractivity contribution in [1.82, 2.24) is 4.98 Å². The molecule has 9 heteroatoms. The smallest absolute Gasteiger partial charge is 0.301 e. The first-order valence-corrected chi connectivity index (χ1v) is 12.8. The van der Waals surface area contributed by atoms with Gasteiger partial charge in [-0.1, -0.05) is 54.7 Å². The highest BCUT2D eigenvalue weighted by Gasteiger charge is 2.48. The molecule has 0 spiro atoms. The van der Waals surface area contributed by atoms with E-state index in [9.17, 15) is 14.7 Å². The molecule has 8 nitrogen and oxygen atoms in total. The van der Waals surface area contributed by atoms with E-state index in [0.29, 0.717) is 33.5 Å². The molecule has 4 aromatic rings. The Bertz CT molecular complexity index is 1550. The highest BCUT2D eigenvalue weighted by molar-refractivity contribution is 7.22. The Hall–Kier alpha value is -4.37. The monoisotopic (exact) mass is 530 g/mol. The Kier molecular flexibility index (Phi) is 6.77. The number of carbonyl (C=O) groups excluding carboxylic acids is 2. The lowest BCUT2D eigenvalue weighted by Crippen LogP contribution is -2.29. The van der Waals surface area contributed by atoms with Gasteiger partial charge in [0.05, 0.1) is 43.2 Å². The quantitative estimate of drug-likeness (QED) is 0.191. The highest BCUT2D eigenvalue weighted by Crippen LogP contribution is 2.48. The molecule has 1 saturated heterocycles. The molecule has 38 heavy (non-hydrogen) atoms. The lowest BCUT2D eigenvalue weighted by atomic mass is 9.95. The number of methoxy groups -OCH3 is 3. The molecule has 1 amide bonds. The second-order valence-corrected chi connectivity index (χ2v) is 9.65. The second-order valence-electron chi connectivity index (χ2n) is 8.65. The molecule has 1 atom stereocenters. The Morgan fingerprint density at radius 1 is 0.974 bits per heavy atom. The highest BCUT2D eigenvalue weighted by atomic mass is 32.1. The number of aliphatic hydroxyl groups excluding tert-OH is 1. The number of anilines is 1. The number of aliphatic hydroxyl groups is 1. The van der Waals surface area contributed by atoms with Crippen LogP contribution in [0.5, 0.6) is 17.2 Å². The Morgan fingerprint density at radius 3 is 2.26 bits per heavy atom. The molecule has 2 heterocycles. The van der Waals surface area contributed by atoms with Gasteiger partial charge in [-0.3, -0.25) is 14.5 Å². The van der Waals surface area contributed by atoms with Crippen molar-refractivity contribution in [3.63, 3.8) is 0 Å². The average Bonchev–Trinajstić information content (AvgIpc) is 3.49. The van der Waals surface area contributed by atoms with E-state index < -0.39 is 17.7 Å². The van der Waals surface area contributed by atoms with E-state index in [1.165, 1.54) is 37.6 Å². The molecule has 0 saturated carbocycles. The van der Waals surface area contributed by atoms with Crippen molar-refractivity contribution >= 4 is 44.1 Å². The van der Waals surface area contributed by atoms with Crippen LogP contribution in [0.25, 0.3) is 16.0 Å². The Balaban J connectivity index is 1.77. The number of nitrogens with zero attached hydrogens (tertiary/aromatic N) is 2. The van der Waals surface area contributed by atoms with Gasteiger partial charge in [-0.05, 0) is 41.8 Å². The number of thiazole rings is 1. The number of rotatable bonds is 7. The van der Waals surface area contributed by atoms with Crippen LogP contribution in [-0.4, -0.2) is 43.1 Å². The fourth-order valence-corrected chi connectivity index (χ4v) is 5.69. The number of aryl methyl sites for hydroxylation is 1. The molecule has 1 fully saturated rings. The van der Waals surface area contributed by atoms with Crippen molar-refractivity contribution in [2.45, 2.75) is 19.4 Å². The van der Waals surface area contributed by atoms with E-state index in [-0.39, 0.29) is 11.3 Å². The molecule has 1 N–H and O–H groups in total. The summed E-state index contributed by atoms with van der Waals surface area (Å²) in [6.45, 7) is 2.07. The number of ether oxygens (including phenoxy) is 3. The molecule has 1 aliphatic rings. The van der Waals surface area contributed by atoms with Gasteiger partial charge in [-0.25, -0.2) is 4.98 Å². The number of Topliss-reactive ketones (excluding diaryl/α,β-unsaturated/α-hetero) is 1. The number of ketones is 1. The predicted octanol–water partition coefficient (Wildman–Crippen LogP) is 5.51. The van der Waals surface area contributed by atoms with Crippen LogP contribution in [0.2, 0.25) is 0 Å². The average molecular weight is 531 g/mol. The van der Waals surface area contributed by atoms with Gasteiger partial charge in [-0.2, -0.15) is 0 Å². The summed E-state index contributed by atoms with van der Waals surface area (Å²) in [5.74, 6) is -0.798. The third-order valence-corrected chi connectivity index (χ3v) is 7.57. The van der Waals surface area contributed by atoms with E-state index in [2.05, 4.69) is 6.92 Å². The SMILES string of the molecule is CCc1ccc2nc(N3C(=O)C(=O)C(=C(O)c4ccccc4)[C@@H]3c3cc(OC)c(OC)c(OC)c3)sc2c1. The summed E-state index contributed by atoms with van der Waals surface area (Å²) < 4.78 is 17.4. The molecule has 3 aromatic carbocycles. The molecule has 0 bridgehead atoms. The van der Waals surface area contributed by atoms with Crippen LogP contribution in [-0.2, 0) is 16.0 Å². The molecular formula is C29H26N2O6S. The number of amides is 1. The minimum atomic E-state index is -0.991. The number of fused-ring (bicyclic) bond motifs is 1. The summed E-state index contributed by atoms with van der Waals surface area (Å²) in [5, 5.41) is 11.7. The minimum absolute atomic E-state index is 0.0519. The summed E-state index contributed by atoms with van der Waals surface area (Å²) in [6, 6.07) is 16.9. The second kappa shape index (κ2) is 10.2. The number of hydrogen-bond acceptors (Lipinski definition) is 8. The van der Waals surface area contributed by atoms with Gasteiger partial charge < -0.3 is 19.3 Å². The van der Waals surface area contributed by atoms with Crippen molar-refractivity contribution < 1.29 is 28.9 Å². The Morgan fingerprint density at radius 2 is 1.66 bits per heavy atom. The van der Waals surface area contributed by atoms with Crippen LogP contribution in [0, 0.1) is 0 Å².